The summed E-state index contributed by atoms with van der Waals surface area (Å²) in [6, 6.07) is 13.2. The Hall–Kier alpha value is -2.34. The highest BCUT2D eigenvalue weighted by Gasteiger charge is 2.26. The molecule has 0 amide bonds. The van der Waals surface area contributed by atoms with E-state index in [1.807, 2.05) is 0 Å². The molecule has 0 saturated heterocycles. The molecule has 3 aliphatic rings. The Morgan fingerprint density at radius 1 is 0.636 bits per heavy atom. The molecule has 2 unspecified atom stereocenters. The van der Waals surface area contributed by atoms with Gasteiger partial charge < -0.3 is 0 Å². The molecule has 0 bridgehead atoms. The molecule has 0 heterocycles. The van der Waals surface area contributed by atoms with Crippen LogP contribution in [0.15, 0.2) is 84.0 Å². The van der Waals surface area contributed by atoms with Crippen LogP contribution in [0, 0.1) is 24.7 Å². The van der Waals surface area contributed by atoms with E-state index < -0.39 is 0 Å². The van der Waals surface area contributed by atoms with E-state index in [1.54, 1.807) is 0 Å². The van der Waals surface area contributed by atoms with Crippen molar-refractivity contribution in [1.82, 2.24) is 0 Å². The van der Waals surface area contributed by atoms with E-state index in [0.29, 0.717) is 11.8 Å². The Bertz CT molecular complexity index is 815. The fraction of sp³-hybridized carbons (Fsp3) is 0.0909. The monoisotopic (exact) mass is 280 g/mol. The van der Waals surface area contributed by atoms with Crippen molar-refractivity contribution < 1.29 is 0 Å². The summed E-state index contributed by atoms with van der Waals surface area (Å²) in [4.78, 5) is 0. The van der Waals surface area contributed by atoms with Gasteiger partial charge in [-0.25, -0.2) is 0 Å². The summed E-state index contributed by atoms with van der Waals surface area (Å²) in [6.45, 7) is 0. The van der Waals surface area contributed by atoms with Gasteiger partial charge in [-0.1, -0.05) is 72.9 Å². The summed E-state index contributed by atoms with van der Waals surface area (Å²) in [6.07, 6.45) is 18.4. The van der Waals surface area contributed by atoms with Gasteiger partial charge in [-0.3, -0.25) is 0 Å². The first kappa shape index (κ1) is 12.2. The van der Waals surface area contributed by atoms with Crippen molar-refractivity contribution in [1.29, 1.82) is 0 Å². The molecule has 0 N–H and O–H groups in total. The Balaban J connectivity index is 1.63. The van der Waals surface area contributed by atoms with Gasteiger partial charge in [-0.15, -0.1) is 0 Å². The third-order valence-electron chi connectivity index (χ3n) is 4.87. The summed E-state index contributed by atoms with van der Waals surface area (Å²) < 4.78 is 0. The second-order valence-electron chi connectivity index (χ2n) is 6.29. The fourth-order valence-corrected chi connectivity index (χ4v) is 3.71. The topological polar surface area (TPSA) is 0 Å². The third kappa shape index (κ3) is 1.84. The second-order valence-corrected chi connectivity index (χ2v) is 6.29. The van der Waals surface area contributed by atoms with E-state index in [1.165, 1.54) is 33.0 Å². The highest BCUT2D eigenvalue weighted by molar-refractivity contribution is 5.86. The first-order valence-corrected chi connectivity index (χ1v) is 7.88. The van der Waals surface area contributed by atoms with Gasteiger partial charge in [0, 0.05) is 24.7 Å². The summed E-state index contributed by atoms with van der Waals surface area (Å²) in [5.74, 6) is 1.02. The summed E-state index contributed by atoms with van der Waals surface area (Å²) in [5, 5.41) is 2.63. The largest absolute Gasteiger partial charge is 0.0767 e. The van der Waals surface area contributed by atoms with Crippen LogP contribution in [-0.2, 0) is 0 Å². The van der Waals surface area contributed by atoms with E-state index in [4.69, 9.17) is 0 Å². The molecule has 2 radical (unpaired) electrons. The summed E-state index contributed by atoms with van der Waals surface area (Å²) in [7, 11) is 0. The van der Waals surface area contributed by atoms with E-state index in [9.17, 15) is 0 Å². The molecule has 0 heteroatoms. The lowest BCUT2D eigenvalue weighted by molar-refractivity contribution is 0.649. The minimum Gasteiger partial charge on any atom is -0.0767 e. The lowest BCUT2D eigenvalue weighted by Gasteiger charge is -2.31. The Labute approximate surface area is 131 Å². The van der Waals surface area contributed by atoms with Crippen LogP contribution in [-0.4, -0.2) is 0 Å². The summed E-state index contributed by atoms with van der Waals surface area (Å²) in [5.41, 5.74) is 5.39. The van der Waals surface area contributed by atoms with Crippen LogP contribution in [0.5, 0.6) is 0 Å². The quantitative estimate of drug-likeness (QED) is 0.623. The van der Waals surface area contributed by atoms with Gasteiger partial charge in [-0.2, -0.15) is 0 Å². The van der Waals surface area contributed by atoms with Crippen LogP contribution >= 0.6 is 0 Å². The Morgan fingerprint density at radius 2 is 1.14 bits per heavy atom. The maximum absolute atomic E-state index is 2.41. The van der Waals surface area contributed by atoms with Crippen LogP contribution in [0.25, 0.3) is 10.8 Å². The van der Waals surface area contributed by atoms with E-state index in [-0.39, 0.29) is 0 Å². The van der Waals surface area contributed by atoms with Crippen LogP contribution < -0.4 is 0 Å². The molecule has 5 rings (SSSR count). The van der Waals surface area contributed by atoms with E-state index in [2.05, 4.69) is 85.7 Å². The molecule has 0 nitrogen and oxygen atoms in total. The number of hydrogen-bond acceptors (Lipinski definition) is 0. The molecule has 2 aromatic carbocycles. The maximum atomic E-state index is 2.41. The molecule has 0 saturated carbocycles. The number of fused-ring (bicyclic) bond motifs is 4. The average molecular weight is 280 g/mol. The van der Waals surface area contributed by atoms with Crippen molar-refractivity contribution in [2.75, 3.05) is 0 Å². The number of rotatable bonds is 0. The molecule has 0 aliphatic heterocycles. The second kappa shape index (κ2) is 4.58. The van der Waals surface area contributed by atoms with E-state index >= 15 is 0 Å². The minimum atomic E-state index is 0.510. The molecule has 2 atom stereocenters. The standard InChI is InChI=1S/C22H16/c1-2-6-16-10-20-14-22-12-18-8-4-3-7-17(18)11-21(22)13-19(20)9-15(16)5-1/h1-16H. The van der Waals surface area contributed by atoms with Crippen LogP contribution in [0.4, 0.5) is 0 Å². The van der Waals surface area contributed by atoms with Crippen LogP contribution in [0.1, 0.15) is 11.1 Å². The molecule has 2 aromatic rings. The molecular weight excluding hydrogens is 264 g/mol. The van der Waals surface area contributed by atoms with Crippen LogP contribution in [0.2, 0.25) is 0 Å². The van der Waals surface area contributed by atoms with Gasteiger partial charge in [-0.05, 0) is 33.0 Å². The third-order valence-corrected chi connectivity index (χ3v) is 4.87. The number of hydrogen-bond donors (Lipinski definition) is 0. The number of benzene rings is 2. The van der Waals surface area contributed by atoms with E-state index in [0.717, 1.165) is 0 Å². The molecule has 104 valence electrons. The predicted molar refractivity (Wildman–Crippen MR) is 92.2 cm³/mol. The first-order valence-electron chi connectivity index (χ1n) is 7.88. The van der Waals surface area contributed by atoms with Gasteiger partial charge >= 0.3 is 0 Å². The van der Waals surface area contributed by atoms with Crippen molar-refractivity contribution in [2.45, 2.75) is 0 Å². The van der Waals surface area contributed by atoms with Gasteiger partial charge in [0.1, 0.15) is 0 Å². The molecule has 0 aromatic heterocycles. The van der Waals surface area contributed by atoms with Gasteiger partial charge in [0.05, 0.1) is 0 Å². The lowest BCUT2D eigenvalue weighted by atomic mass is 9.73. The van der Waals surface area contributed by atoms with Gasteiger partial charge in [0.25, 0.3) is 0 Å². The van der Waals surface area contributed by atoms with Crippen LogP contribution in [0.3, 0.4) is 0 Å². The average Bonchev–Trinajstić information content (AvgIpc) is 2.56. The zero-order chi connectivity index (χ0) is 14.5. The van der Waals surface area contributed by atoms with Crippen molar-refractivity contribution in [3.05, 3.63) is 108 Å². The zero-order valence-corrected chi connectivity index (χ0v) is 12.2. The molecular formula is C22H16. The Kier molecular flexibility index (Phi) is 2.54. The Morgan fingerprint density at radius 3 is 1.64 bits per heavy atom. The molecule has 22 heavy (non-hydrogen) atoms. The zero-order valence-electron chi connectivity index (χ0n) is 12.2. The van der Waals surface area contributed by atoms with Crippen molar-refractivity contribution in [3.63, 3.8) is 0 Å². The molecule has 3 aliphatic carbocycles. The van der Waals surface area contributed by atoms with Gasteiger partial charge in [0.15, 0.2) is 0 Å². The van der Waals surface area contributed by atoms with Crippen molar-refractivity contribution >= 4 is 10.8 Å². The SMILES string of the molecule is [CH]1C2=CC3C=CC=CC3C=C2[CH]c2cc3ccccc3cc21. The molecule has 0 fully saturated rings. The highest BCUT2D eigenvalue weighted by Crippen LogP contribution is 2.41. The highest BCUT2D eigenvalue weighted by atomic mass is 14.3. The first-order chi connectivity index (χ1) is 10.9. The minimum absolute atomic E-state index is 0.510. The fourth-order valence-electron chi connectivity index (χ4n) is 3.71. The normalized spacial score (nSPS) is 25.1. The summed E-state index contributed by atoms with van der Waals surface area (Å²) >= 11 is 0. The smallest absolute Gasteiger partial charge is 0.0202 e. The molecule has 0 spiro atoms. The number of allylic oxidation sites excluding steroid dienone is 8. The predicted octanol–water partition coefficient (Wildman–Crippen LogP) is 5.18. The lowest BCUT2D eigenvalue weighted by Crippen LogP contribution is -2.18. The van der Waals surface area contributed by atoms with Crippen molar-refractivity contribution in [2.24, 2.45) is 11.8 Å². The maximum Gasteiger partial charge on any atom is 0.0202 e. The van der Waals surface area contributed by atoms with Gasteiger partial charge in [0.2, 0.25) is 0 Å². The van der Waals surface area contributed by atoms with Crippen molar-refractivity contribution in [3.8, 4) is 0 Å².